The molecule has 15 heavy (non-hydrogen) atoms. The lowest BCUT2D eigenvalue weighted by Crippen LogP contribution is -2.10. The van der Waals surface area contributed by atoms with Crippen molar-refractivity contribution in [1.82, 2.24) is 0 Å². The Hall–Kier alpha value is -1.06. The molecular weight excluding hydrogens is 192 g/mol. The predicted octanol–water partition coefficient (Wildman–Crippen LogP) is 1.65. The third-order valence-electron chi connectivity index (χ3n) is 1.86. The molecule has 1 N–H and O–H groups in total. The number of ether oxygens (including phenoxy) is 2. The van der Waals surface area contributed by atoms with Crippen LogP contribution in [0.2, 0.25) is 0 Å². The van der Waals surface area contributed by atoms with E-state index in [1.54, 1.807) is 6.92 Å². The van der Waals surface area contributed by atoms with Crippen LogP contribution in [0.1, 0.15) is 13.3 Å². The van der Waals surface area contributed by atoms with Crippen molar-refractivity contribution in [1.29, 1.82) is 0 Å². The van der Waals surface area contributed by atoms with Gasteiger partial charge in [0.25, 0.3) is 0 Å². The molecule has 0 saturated carbocycles. The van der Waals surface area contributed by atoms with E-state index in [2.05, 4.69) is 6.07 Å². The second-order valence-electron chi connectivity index (χ2n) is 3.33. The highest BCUT2D eigenvalue weighted by molar-refractivity contribution is 5.20. The maximum Gasteiger partial charge on any atom is 0.119 e. The van der Waals surface area contributed by atoms with E-state index in [-0.39, 0.29) is 6.10 Å². The Morgan fingerprint density at radius 2 is 2.00 bits per heavy atom. The molecule has 3 nitrogen and oxygen atoms in total. The second kappa shape index (κ2) is 7.26. The number of benzene rings is 1. The summed E-state index contributed by atoms with van der Waals surface area (Å²) >= 11 is 0. The molecule has 1 unspecified atom stereocenters. The lowest BCUT2D eigenvalue weighted by Gasteiger charge is -2.07. The minimum absolute atomic E-state index is 0.296. The third-order valence-corrected chi connectivity index (χ3v) is 1.86. The molecule has 1 rings (SSSR count). The Morgan fingerprint density at radius 1 is 1.27 bits per heavy atom. The van der Waals surface area contributed by atoms with E-state index < -0.39 is 0 Å². The Labute approximate surface area is 90.6 Å². The van der Waals surface area contributed by atoms with Crippen LogP contribution in [0.5, 0.6) is 5.75 Å². The Balaban J connectivity index is 1.98. The van der Waals surface area contributed by atoms with Crippen molar-refractivity contribution in [3.8, 4) is 5.75 Å². The van der Waals surface area contributed by atoms with Gasteiger partial charge in [-0.3, -0.25) is 0 Å². The van der Waals surface area contributed by atoms with E-state index in [1.165, 1.54) is 0 Å². The molecule has 1 aromatic rings. The molecule has 0 fully saturated rings. The summed E-state index contributed by atoms with van der Waals surface area (Å²) in [5.41, 5.74) is 0. The number of rotatable bonds is 7. The molecule has 1 radical (unpaired) electrons. The first-order valence-corrected chi connectivity index (χ1v) is 5.14. The average molecular weight is 209 g/mol. The van der Waals surface area contributed by atoms with Crippen molar-refractivity contribution in [2.24, 2.45) is 0 Å². The lowest BCUT2D eigenvalue weighted by atomic mass is 10.3. The summed E-state index contributed by atoms with van der Waals surface area (Å²) in [7, 11) is 0. The van der Waals surface area contributed by atoms with E-state index in [0.29, 0.717) is 26.2 Å². The van der Waals surface area contributed by atoms with Crippen LogP contribution in [0.4, 0.5) is 0 Å². The molecule has 0 saturated heterocycles. The van der Waals surface area contributed by atoms with Crippen molar-refractivity contribution < 1.29 is 14.6 Å². The quantitative estimate of drug-likeness (QED) is 0.694. The summed E-state index contributed by atoms with van der Waals surface area (Å²) < 4.78 is 10.7. The van der Waals surface area contributed by atoms with Gasteiger partial charge in [0, 0.05) is 6.61 Å². The molecule has 3 heteroatoms. The standard InChI is InChI=1S/C12H17O3/c1-11(13)7-8-14-9-10-15-12-5-3-2-4-6-12/h3-6,11,13H,7-10H2,1H3. The van der Waals surface area contributed by atoms with Gasteiger partial charge in [0.05, 0.1) is 12.7 Å². The van der Waals surface area contributed by atoms with Crippen molar-refractivity contribution in [3.63, 3.8) is 0 Å². The summed E-state index contributed by atoms with van der Waals surface area (Å²) in [4.78, 5) is 0. The molecule has 0 aliphatic rings. The van der Waals surface area contributed by atoms with Gasteiger partial charge in [0.1, 0.15) is 12.4 Å². The van der Waals surface area contributed by atoms with Gasteiger partial charge in [0.2, 0.25) is 0 Å². The zero-order chi connectivity index (χ0) is 10.9. The van der Waals surface area contributed by atoms with E-state index in [4.69, 9.17) is 14.6 Å². The topological polar surface area (TPSA) is 38.7 Å². The Kier molecular flexibility index (Phi) is 5.81. The fraction of sp³-hybridized carbons (Fsp3) is 0.500. The zero-order valence-corrected chi connectivity index (χ0v) is 8.98. The minimum Gasteiger partial charge on any atom is -0.491 e. The van der Waals surface area contributed by atoms with Crippen molar-refractivity contribution >= 4 is 0 Å². The van der Waals surface area contributed by atoms with Gasteiger partial charge in [-0.25, -0.2) is 0 Å². The monoisotopic (exact) mass is 209 g/mol. The summed E-state index contributed by atoms with van der Waals surface area (Å²) in [6.45, 7) is 3.40. The molecule has 0 aliphatic carbocycles. The van der Waals surface area contributed by atoms with Crippen LogP contribution in [0.3, 0.4) is 0 Å². The molecule has 0 bridgehead atoms. The Bertz CT molecular complexity index is 246. The molecule has 0 heterocycles. The summed E-state index contributed by atoms with van der Waals surface area (Å²) in [5.74, 6) is 0.827. The first kappa shape index (κ1) is 12.0. The average Bonchev–Trinajstić information content (AvgIpc) is 2.24. The normalized spacial score (nSPS) is 12.4. The predicted molar refractivity (Wildman–Crippen MR) is 57.9 cm³/mol. The summed E-state index contributed by atoms with van der Waals surface area (Å²) in [6.07, 6.45) is 0.371. The third kappa shape index (κ3) is 6.10. The largest absolute Gasteiger partial charge is 0.491 e. The molecule has 0 aromatic heterocycles. The van der Waals surface area contributed by atoms with Gasteiger partial charge in [-0.05, 0) is 31.5 Å². The molecule has 1 atom stereocenters. The van der Waals surface area contributed by atoms with Gasteiger partial charge in [0.15, 0.2) is 0 Å². The van der Waals surface area contributed by atoms with E-state index >= 15 is 0 Å². The molecule has 0 spiro atoms. The van der Waals surface area contributed by atoms with Crippen molar-refractivity contribution in [2.75, 3.05) is 19.8 Å². The van der Waals surface area contributed by atoms with Crippen LogP contribution in [0.15, 0.2) is 24.3 Å². The fourth-order valence-electron chi connectivity index (χ4n) is 1.04. The zero-order valence-electron chi connectivity index (χ0n) is 8.98. The van der Waals surface area contributed by atoms with Gasteiger partial charge >= 0.3 is 0 Å². The Morgan fingerprint density at radius 3 is 2.67 bits per heavy atom. The number of aliphatic hydroxyl groups excluding tert-OH is 1. The van der Waals surface area contributed by atoms with Crippen LogP contribution in [0.25, 0.3) is 0 Å². The van der Waals surface area contributed by atoms with Gasteiger partial charge in [-0.1, -0.05) is 12.1 Å². The smallest absolute Gasteiger partial charge is 0.119 e. The molecule has 1 aromatic carbocycles. The maximum atomic E-state index is 8.97. The van der Waals surface area contributed by atoms with Gasteiger partial charge in [-0.15, -0.1) is 0 Å². The van der Waals surface area contributed by atoms with E-state index in [9.17, 15) is 0 Å². The molecule has 83 valence electrons. The first-order valence-electron chi connectivity index (χ1n) is 5.14. The number of hydrogen-bond acceptors (Lipinski definition) is 3. The van der Waals surface area contributed by atoms with Crippen LogP contribution in [-0.2, 0) is 4.74 Å². The molecule has 0 aliphatic heterocycles. The van der Waals surface area contributed by atoms with Crippen LogP contribution in [0, 0.1) is 6.07 Å². The first-order chi connectivity index (χ1) is 7.29. The lowest BCUT2D eigenvalue weighted by molar-refractivity contribution is 0.0704. The van der Waals surface area contributed by atoms with E-state index in [0.717, 1.165) is 5.75 Å². The highest BCUT2D eigenvalue weighted by Gasteiger charge is 1.95. The van der Waals surface area contributed by atoms with Crippen LogP contribution in [-0.4, -0.2) is 31.0 Å². The summed E-state index contributed by atoms with van der Waals surface area (Å²) in [5, 5.41) is 8.97. The number of aliphatic hydroxyl groups is 1. The minimum atomic E-state index is -0.296. The maximum absolute atomic E-state index is 8.97. The van der Waals surface area contributed by atoms with Crippen LogP contribution < -0.4 is 4.74 Å². The highest BCUT2D eigenvalue weighted by Crippen LogP contribution is 2.07. The van der Waals surface area contributed by atoms with Crippen LogP contribution >= 0.6 is 0 Å². The SMILES string of the molecule is CC(O)CCOCCOc1cc[c]cc1. The van der Waals surface area contributed by atoms with E-state index in [1.807, 2.05) is 24.3 Å². The van der Waals surface area contributed by atoms with Crippen molar-refractivity contribution in [3.05, 3.63) is 30.3 Å². The second-order valence-corrected chi connectivity index (χ2v) is 3.33. The fourth-order valence-corrected chi connectivity index (χ4v) is 1.04. The molecular formula is C12H17O3. The summed E-state index contributed by atoms with van der Waals surface area (Å²) in [6, 6.07) is 10.2. The molecule has 0 amide bonds. The van der Waals surface area contributed by atoms with Gasteiger partial charge in [-0.2, -0.15) is 0 Å². The van der Waals surface area contributed by atoms with Crippen molar-refractivity contribution in [2.45, 2.75) is 19.4 Å². The number of hydrogen-bond donors (Lipinski definition) is 1. The highest BCUT2D eigenvalue weighted by atomic mass is 16.5. The van der Waals surface area contributed by atoms with Gasteiger partial charge < -0.3 is 14.6 Å².